The molecule has 0 N–H and O–H groups in total. The van der Waals surface area contributed by atoms with Crippen molar-refractivity contribution in [2.75, 3.05) is 11.5 Å². The Kier molecular flexibility index (Phi) is 6.21. The van der Waals surface area contributed by atoms with Gasteiger partial charge in [-0.25, -0.2) is 0 Å². The van der Waals surface area contributed by atoms with Crippen molar-refractivity contribution in [2.24, 2.45) is 4.99 Å². The average Bonchev–Trinajstić information content (AvgIpc) is 2.39. The molecule has 0 bridgehead atoms. The molecular formula is C17H28INOSi. The predicted molar refractivity (Wildman–Crippen MR) is 104 cm³/mol. The first kappa shape index (κ1) is 18.8. The van der Waals surface area contributed by atoms with E-state index in [-0.39, 0.29) is 10.6 Å². The first-order chi connectivity index (χ1) is 9.57. The fraction of sp³-hybridized carbons (Fsp3) is 0.588. The summed E-state index contributed by atoms with van der Waals surface area (Å²) in [5.74, 6) is 0. The van der Waals surface area contributed by atoms with E-state index in [2.05, 4.69) is 92.6 Å². The molecule has 0 spiro atoms. The number of hydrogen-bond donors (Lipinski definition) is 0. The summed E-state index contributed by atoms with van der Waals surface area (Å²) in [5, 5.41) is 0.190. The average molecular weight is 417 g/mol. The van der Waals surface area contributed by atoms with Crippen LogP contribution in [0.3, 0.4) is 0 Å². The van der Waals surface area contributed by atoms with Gasteiger partial charge in [-0.15, -0.1) is 0 Å². The van der Waals surface area contributed by atoms with Gasteiger partial charge in [-0.3, -0.25) is 4.99 Å². The van der Waals surface area contributed by atoms with Crippen LogP contribution in [-0.2, 0) is 4.43 Å². The van der Waals surface area contributed by atoms with Gasteiger partial charge in [-0.05, 0) is 30.6 Å². The minimum absolute atomic E-state index is 0.190. The Balaban J connectivity index is 3.20. The molecule has 0 saturated heterocycles. The Bertz CT molecular complexity index is 493. The summed E-state index contributed by atoms with van der Waals surface area (Å²) in [5.41, 5.74) is 1.85. The molecule has 118 valence electrons. The number of benzene rings is 1. The molecule has 1 atom stereocenters. The SMILES string of the molecule is CN=C(c1ccccc1)C(C)(CI)O[Si](C)(C)C(C)(C)C. The zero-order valence-corrected chi connectivity index (χ0v) is 17.5. The van der Waals surface area contributed by atoms with Crippen LogP contribution in [0.25, 0.3) is 0 Å². The highest BCUT2D eigenvalue weighted by Gasteiger charge is 2.44. The lowest BCUT2D eigenvalue weighted by molar-refractivity contribution is 0.169. The van der Waals surface area contributed by atoms with Crippen LogP contribution in [0, 0.1) is 0 Å². The predicted octanol–water partition coefficient (Wildman–Crippen LogP) is 5.32. The highest BCUT2D eigenvalue weighted by molar-refractivity contribution is 14.1. The molecule has 0 heterocycles. The van der Waals surface area contributed by atoms with Gasteiger partial charge >= 0.3 is 0 Å². The molecule has 21 heavy (non-hydrogen) atoms. The molecule has 0 radical (unpaired) electrons. The molecule has 1 rings (SSSR count). The smallest absolute Gasteiger partial charge is 0.193 e. The van der Waals surface area contributed by atoms with Crippen LogP contribution in [0.2, 0.25) is 18.1 Å². The number of rotatable bonds is 5. The van der Waals surface area contributed by atoms with E-state index in [0.717, 1.165) is 15.7 Å². The lowest BCUT2D eigenvalue weighted by Crippen LogP contribution is -2.53. The van der Waals surface area contributed by atoms with Gasteiger partial charge in [0.25, 0.3) is 0 Å². The van der Waals surface area contributed by atoms with E-state index in [1.54, 1.807) is 0 Å². The summed E-state index contributed by atoms with van der Waals surface area (Å²) in [6, 6.07) is 10.4. The van der Waals surface area contributed by atoms with Crippen molar-refractivity contribution >= 4 is 36.6 Å². The third-order valence-electron chi connectivity index (χ3n) is 4.31. The van der Waals surface area contributed by atoms with Crippen LogP contribution in [0.4, 0.5) is 0 Å². The molecule has 1 aromatic carbocycles. The zero-order chi connectivity index (χ0) is 16.3. The molecule has 4 heteroatoms. The lowest BCUT2D eigenvalue weighted by Gasteiger charge is -2.44. The fourth-order valence-corrected chi connectivity index (χ4v) is 4.53. The Morgan fingerprint density at radius 1 is 1.14 bits per heavy atom. The molecule has 1 aromatic rings. The molecule has 1 unspecified atom stereocenters. The second kappa shape index (κ2) is 6.92. The van der Waals surface area contributed by atoms with E-state index in [1.165, 1.54) is 0 Å². The van der Waals surface area contributed by atoms with E-state index < -0.39 is 8.32 Å². The van der Waals surface area contributed by atoms with E-state index in [4.69, 9.17) is 4.43 Å². The van der Waals surface area contributed by atoms with Gasteiger partial charge in [-0.1, -0.05) is 73.7 Å². The summed E-state index contributed by atoms with van der Waals surface area (Å²) < 4.78 is 7.63. The van der Waals surface area contributed by atoms with Gasteiger partial charge in [0.15, 0.2) is 8.32 Å². The lowest BCUT2D eigenvalue weighted by atomic mass is 9.96. The minimum atomic E-state index is -1.86. The third-order valence-corrected chi connectivity index (χ3v) is 10.3. The van der Waals surface area contributed by atoms with E-state index in [0.29, 0.717) is 0 Å². The Hall–Kier alpha value is -0.203. The highest BCUT2D eigenvalue weighted by Crippen LogP contribution is 2.40. The summed E-state index contributed by atoms with van der Waals surface area (Å²) in [6.45, 7) is 13.6. The maximum absolute atomic E-state index is 6.75. The molecule has 0 aliphatic rings. The van der Waals surface area contributed by atoms with Gasteiger partial charge in [0.05, 0.1) is 5.71 Å². The largest absolute Gasteiger partial charge is 0.405 e. The zero-order valence-electron chi connectivity index (χ0n) is 14.3. The molecular weight excluding hydrogens is 389 g/mol. The number of hydrogen-bond acceptors (Lipinski definition) is 2. The van der Waals surface area contributed by atoms with E-state index >= 15 is 0 Å². The van der Waals surface area contributed by atoms with Crippen LogP contribution < -0.4 is 0 Å². The monoisotopic (exact) mass is 417 g/mol. The Morgan fingerprint density at radius 3 is 2.05 bits per heavy atom. The van der Waals surface area contributed by atoms with Gasteiger partial charge in [-0.2, -0.15) is 0 Å². The molecule has 0 amide bonds. The van der Waals surface area contributed by atoms with Crippen LogP contribution >= 0.6 is 22.6 Å². The minimum Gasteiger partial charge on any atom is -0.405 e. The van der Waals surface area contributed by atoms with Crippen molar-refractivity contribution in [3.05, 3.63) is 35.9 Å². The Morgan fingerprint density at radius 2 is 1.67 bits per heavy atom. The molecule has 0 saturated carbocycles. The first-order valence-electron chi connectivity index (χ1n) is 7.36. The third kappa shape index (κ3) is 4.39. The van der Waals surface area contributed by atoms with Crippen molar-refractivity contribution in [3.63, 3.8) is 0 Å². The quantitative estimate of drug-likeness (QED) is 0.275. The topological polar surface area (TPSA) is 21.6 Å². The maximum Gasteiger partial charge on any atom is 0.193 e. The second-order valence-electron chi connectivity index (χ2n) is 7.17. The normalized spacial score (nSPS) is 16.7. The maximum atomic E-state index is 6.75. The van der Waals surface area contributed by atoms with E-state index in [1.807, 2.05) is 13.1 Å². The number of nitrogens with zero attached hydrogens (tertiary/aromatic N) is 1. The Labute approximate surface area is 144 Å². The van der Waals surface area contributed by atoms with Crippen molar-refractivity contribution in [3.8, 4) is 0 Å². The molecule has 0 aliphatic carbocycles. The van der Waals surface area contributed by atoms with Crippen LogP contribution in [-0.4, -0.2) is 31.1 Å². The molecule has 2 nitrogen and oxygen atoms in total. The summed E-state index contributed by atoms with van der Waals surface area (Å²) >= 11 is 2.42. The number of aliphatic imine (C=N–C) groups is 1. The first-order valence-corrected chi connectivity index (χ1v) is 11.8. The molecule has 0 aromatic heterocycles. The fourth-order valence-electron chi connectivity index (χ4n) is 2.12. The van der Waals surface area contributed by atoms with Crippen LogP contribution in [0.15, 0.2) is 35.3 Å². The second-order valence-corrected chi connectivity index (χ2v) is 12.7. The molecule has 0 aliphatic heterocycles. The van der Waals surface area contributed by atoms with Crippen LogP contribution in [0.1, 0.15) is 33.3 Å². The standard InChI is InChI=1S/C17H28INOSi/c1-16(2,3)21(6,7)20-17(4,13-18)15(19-5)14-11-9-8-10-12-14/h8-12H,13H2,1-7H3. The molecule has 0 fully saturated rings. The highest BCUT2D eigenvalue weighted by atomic mass is 127. The number of alkyl halides is 1. The van der Waals surface area contributed by atoms with Crippen molar-refractivity contribution in [2.45, 2.75) is 51.4 Å². The van der Waals surface area contributed by atoms with Gasteiger partial charge in [0.2, 0.25) is 0 Å². The van der Waals surface area contributed by atoms with Crippen molar-refractivity contribution < 1.29 is 4.43 Å². The van der Waals surface area contributed by atoms with Crippen LogP contribution in [0.5, 0.6) is 0 Å². The van der Waals surface area contributed by atoms with Crippen molar-refractivity contribution in [1.29, 1.82) is 0 Å². The van der Waals surface area contributed by atoms with Gasteiger partial charge in [0.1, 0.15) is 5.60 Å². The van der Waals surface area contributed by atoms with E-state index in [9.17, 15) is 0 Å². The van der Waals surface area contributed by atoms with Gasteiger partial charge < -0.3 is 4.43 Å². The summed E-state index contributed by atoms with van der Waals surface area (Å²) in [4.78, 5) is 4.58. The van der Waals surface area contributed by atoms with Gasteiger partial charge in [0, 0.05) is 11.5 Å². The number of halogens is 1. The summed E-state index contributed by atoms with van der Waals surface area (Å²) in [6.07, 6.45) is 0. The summed E-state index contributed by atoms with van der Waals surface area (Å²) in [7, 11) is 0.00413. The van der Waals surface area contributed by atoms with Crippen molar-refractivity contribution in [1.82, 2.24) is 0 Å².